The summed E-state index contributed by atoms with van der Waals surface area (Å²) in [5.41, 5.74) is -0.511. The summed E-state index contributed by atoms with van der Waals surface area (Å²) in [6.07, 6.45) is 4.59. The minimum absolute atomic E-state index is 0.0712. The van der Waals surface area contributed by atoms with Crippen LogP contribution < -0.4 is 4.90 Å². The summed E-state index contributed by atoms with van der Waals surface area (Å²) in [5, 5.41) is 7.96. The number of halogens is 1. The van der Waals surface area contributed by atoms with Crippen molar-refractivity contribution in [1.29, 1.82) is 0 Å². The van der Waals surface area contributed by atoms with Crippen LogP contribution in [0.5, 0.6) is 0 Å². The SMILES string of the molecule is CC(C)(C)OC(=O)[N+]1(C)C=CN(c2nncc(Cl)n2)CC1. The van der Waals surface area contributed by atoms with E-state index in [1.54, 1.807) is 24.3 Å². The van der Waals surface area contributed by atoms with Gasteiger partial charge in [-0.05, 0) is 20.8 Å². The molecular formula is C13H19ClN5O2+. The van der Waals surface area contributed by atoms with Crippen molar-refractivity contribution >= 4 is 23.6 Å². The lowest BCUT2D eigenvalue weighted by molar-refractivity contribution is -0.786. The normalized spacial score (nSPS) is 22.2. The van der Waals surface area contributed by atoms with E-state index in [9.17, 15) is 4.79 Å². The van der Waals surface area contributed by atoms with Crippen LogP contribution in [-0.2, 0) is 4.74 Å². The number of aromatic nitrogens is 3. The first kappa shape index (κ1) is 15.7. The molecule has 1 aliphatic heterocycles. The summed E-state index contributed by atoms with van der Waals surface area (Å²) < 4.78 is 5.51. The van der Waals surface area contributed by atoms with Gasteiger partial charge in [0, 0.05) is 0 Å². The summed E-state index contributed by atoms with van der Waals surface area (Å²) in [4.78, 5) is 18.1. The lowest BCUT2D eigenvalue weighted by Gasteiger charge is -2.34. The third-order valence-corrected chi connectivity index (χ3v) is 3.15. The molecule has 0 fully saturated rings. The molecule has 1 amide bonds. The first-order valence-electron chi connectivity index (χ1n) is 6.60. The summed E-state index contributed by atoms with van der Waals surface area (Å²) >= 11 is 5.80. The van der Waals surface area contributed by atoms with E-state index in [1.165, 1.54) is 6.20 Å². The Labute approximate surface area is 128 Å². The molecule has 2 rings (SSSR count). The second-order valence-corrected chi connectivity index (χ2v) is 6.43. The fraction of sp³-hybridized carbons (Fsp3) is 0.538. The highest BCUT2D eigenvalue weighted by atomic mass is 35.5. The van der Waals surface area contributed by atoms with Crippen molar-refractivity contribution in [3.63, 3.8) is 0 Å². The van der Waals surface area contributed by atoms with E-state index in [1.807, 2.05) is 20.8 Å². The number of quaternary nitrogens is 1. The number of hydrogen-bond acceptors (Lipinski definition) is 6. The molecule has 0 bridgehead atoms. The van der Waals surface area contributed by atoms with Crippen LogP contribution in [0.3, 0.4) is 0 Å². The maximum atomic E-state index is 12.2. The van der Waals surface area contributed by atoms with Crippen LogP contribution in [0.1, 0.15) is 20.8 Å². The number of rotatable bonds is 1. The van der Waals surface area contributed by atoms with Gasteiger partial charge in [-0.15, -0.1) is 5.10 Å². The Hall–Kier alpha value is -1.73. The quantitative estimate of drug-likeness (QED) is 0.741. The van der Waals surface area contributed by atoms with E-state index >= 15 is 0 Å². The molecule has 0 aliphatic carbocycles. The molecule has 1 aliphatic rings. The molecule has 1 atom stereocenters. The highest BCUT2D eigenvalue weighted by Gasteiger charge is 2.38. The zero-order valence-corrected chi connectivity index (χ0v) is 13.3. The zero-order valence-electron chi connectivity index (χ0n) is 12.6. The summed E-state index contributed by atoms with van der Waals surface area (Å²) in [6, 6.07) is 0. The fourth-order valence-corrected chi connectivity index (χ4v) is 1.89. The highest BCUT2D eigenvalue weighted by molar-refractivity contribution is 6.29. The van der Waals surface area contributed by atoms with Gasteiger partial charge >= 0.3 is 6.09 Å². The number of anilines is 1. The number of carbonyl (C=O) groups excluding carboxylic acids is 1. The Kier molecular flexibility index (Phi) is 4.15. The predicted octanol–water partition coefficient (Wildman–Crippen LogP) is 2.20. The van der Waals surface area contributed by atoms with Crippen LogP contribution in [0.15, 0.2) is 18.6 Å². The molecule has 0 spiro atoms. The maximum absolute atomic E-state index is 12.2. The highest BCUT2D eigenvalue weighted by Crippen LogP contribution is 2.20. The molecule has 0 N–H and O–H groups in total. The molecule has 1 unspecified atom stereocenters. The van der Waals surface area contributed by atoms with Gasteiger partial charge in [0.25, 0.3) is 5.95 Å². The van der Waals surface area contributed by atoms with E-state index in [-0.39, 0.29) is 15.7 Å². The van der Waals surface area contributed by atoms with Gasteiger partial charge in [0.1, 0.15) is 18.3 Å². The van der Waals surface area contributed by atoms with Crippen molar-refractivity contribution in [2.24, 2.45) is 0 Å². The monoisotopic (exact) mass is 312 g/mol. The first-order chi connectivity index (χ1) is 9.70. The molecule has 2 heterocycles. The van der Waals surface area contributed by atoms with E-state index in [4.69, 9.17) is 16.3 Å². The third kappa shape index (κ3) is 3.89. The van der Waals surface area contributed by atoms with Crippen molar-refractivity contribution in [2.45, 2.75) is 26.4 Å². The Morgan fingerprint density at radius 1 is 1.48 bits per heavy atom. The Morgan fingerprint density at radius 3 is 2.71 bits per heavy atom. The van der Waals surface area contributed by atoms with Crippen molar-refractivity contribution < 1.29 is 14.0 Å². The average Bonchev–Trinajstić information content (AvgIpc) is 2.37. The molecule has 21 heavy (non-hydrogen) atoms. The Balaban J connectivity index is 2.12. The number of likely N-dealkylation sites (N-methyl/N-ethyl adjacent to an activating group) is 1. The summed E-state index contributed by atoms with van der Waals surface area (Å²) in [6.45, 7) is 6.66. The van der Waals surface area contributed by atoms with Gasteiger partial charge < -0.3 is 9.64 Å². The van der Waals surface area contributed by atoms with Crippen LogP contribution in [0.2, 0.25) is 5.15 Å². The summed E-state index contributed by atoms with van der Waals surface area (Å²) in [7, 11) is 1.80. The van der Waals surface area contributed by atoms with E-state index in [0.717, 1.165) is 0 Å². The molecule has 114 valence electrons. The minimum atomic E-state index is -0.511. The van der Waals surface area contributed by atoms with Gasteiger partial charge in [-0.2, -0.15) is 19.4 Å². The van der Waals surface area contributed by atoms with Crippen molar-refractivity contribution in [2.75, 3.05) is 25.0 Å². The van der Waals surface area contributed by atoms with E-state index in [0.29, 0.717) is 19.0 Å². The van der Waals surface area contributed by atoms with Crippen LogP contribution in [0.25, 0.3) is 0 Å². The van der Waals surface area contributed by atoms with Gasteiger partial charge in [-0.1, -0.05) is 11.6 Å². The smallest absolute Gasteiger partial charge is 0.414 e. The minimum Gasteiger partial charge on any atom is -0.414 e. The fourth-order valence-electron chi connectivity index (χ4n) is 1.77. The number of carbonyl (C=O) groups is 1. The lowest BCUT2D eigenvalue weighted by Crippen LogP contribution is -2.53. The molecule has 7 nitrogen and oxygen atoms in total. The first-order valence-corrected chi connectivity index (χ1v) is 6.97. The molecule has 1 aromatic rings. The predicted molar refractivity (Wildman–Crippen MR) is 78.6 cm³/mol. The molecule has 1 aromatic heterocycles. The van der Waals surface area contributed by atoms with E-state index in [2.05, 4.69) is 15.2 Å². The Bertz CT molecular complexity index is 572. The molecule has 8 heteroatoms. The van der Waals surface area contributed by atoms with Gasteiger partial charge in [0.15, 0.2) is 5.15 Å². The summed E-state index contributed by atoms with van der Waals surface area (Å²) in [5.74, 6) is 0.411. The average molecular weight is 313 g/mol. The van der Waals surface area contributed by atoms with Gasteiger partial charge in [-0.3, -0.25) is 0 Å². The number of hydrogen-bond donors (Lipinski definition) is 0. The van der Waals surface area contributed by atoms with Crippen molar-refractivity contribution in [1.82, 2.24) is 15.2 Å². The number of nitrogens with zero attached hydrogens (tertiary/aromatic N) is 5. The van der Waals surface area contributed by atoms with Crippen LogP contribution in [-0.4, -0.2) is 51.5 Å². The lowest BCUT2D eigenvalue weighted by atomic mass is 10.2. The van der Waals surface area contributed by atoms with Crippen LogP contribution in [0, 0.1) is 0 Å². The van der Waals surface area contributed by atoms with Gasteiger partial charge in [-0.25, -0.2) is 0 Å². The van der Waals surface area contributed by atoms with Crippen LogP contribution in [0.4, 0.5) is 10.7 Å². The largest absolute Gasteiger partial charge is 0.521 e. The van der Waals surface area contributed by atoms with E-state index < -0.39 is 5.60 Å². The standard InChI is InChI=1S/C13H19ClN5O2/c1-13(2,3)21-12(20)19(4)7-5-18(6-8-19)11-16-10(14)9-15-17-11/h5,7,9H,6,8H2,1-4H3/q+1. The Morgan fingerprint density at radius 2 is 2.19 bits per heavy atom. The topological polar surface area (TPSA) is 68.2 Å². The second kappa shape index (κ2) is 5.57. The molecule has 0 radical (unpaired) electrons. The molecule has 0 aromatic carbocycles. The second-order valence-electron chi connectivity index (χ2n) is 6.04. The van der Waals surface area contributed by atoms with Crippen molar-refractivity contribution in [3.8, 4) is 0 Å². The van der Waals surface area contributed by atoms with Gasteiger partial charge in [0.05, 0.1) is 26.0 Å². The van der Waals surface area contributed by atoms with Crippen LogP contribution >= 0.6 is 11.6 Å². The van der Waals surface area contributed by atoms with Gasteiger partial charge in [0.2, 0.25) is 0 Å². The molecule has 0 saturated heterocycles. The molecule has 0 saturated carbocycles. The molecular weight excluding hydrogens is 294 g/mol. The third-order valence-electron chi connectivity index (χ3n) is 2.97. The van der Waals surface area contributed by atoms with Crippen molar-refractivity contribution in [3.05, 3.63) is 23.7 Å². The number of amides is 1. The maximum Gasteiger partial charge on any atom is 0.521 e. The zero-order chi connectivity index (χ0) is 15.7. The number of ether oxygens (including phenoxy) is 1.